The lowest BCUT2D eigenvalue weighted by Gasteiger charge is -2.21. The minimum absolute atomic E-state index is 0.316. The summed E-state index contributed by atoms with van der Waals surface area (Å²) in [5.74, 6) is 0.687. The van der Waals surface area contributed by atoms with E-state index in [4.69, 9.17) is 4.74 Å². The Bertz CT molecular complexity index is 242. The van der Waals surface area contributed by atoms with Gasteiger partial charge in [-0.15, -0.1) is 0 Å². The van der Waals surface area contributed by atoms with Crippen LogP contribution in [0.15, 0.2) is 0 Å². The third kappa shape index (κ3) is 5.57. The van der Waals surface area contributed by atoms with Gasteiger partial charge in [0.25, 0.3) is 10.1 Å². The van der Waals surface area contributed by atoms with E-state index in [-0.39, 0.29) is 0 Å². The van der Waals surface area contributed by atoms with Gasteiger partial charge in [-0.05, 0) is 31.6 Å². The molecule has 84 valence electrons. The second-order valence-corrected chi connectivity index (χ2v) is 5.37. The van der Waals surface area contributed by atoms with Crippen LogP contribution in [0.2, 0.25) is 0 Å². The summed E-state index contributed by atoms with van der Waals surface area (Å²) in [6, 6.07) is 0. The van der Waals surface area contributed by atoms with E-state index in [1.807, 2.05) is 0 Å². The average molecular weight is 222 g/mol. The Labute approximate surface area is 85.7 Å². The Morgan fingerprint density at radius 3 is 2.57 bits per heavy atom. The first kappa shape index (κ1) is 11.9. The molecule has 1 aliphatic heterocycles. The highest BCUT2D eigenvalue weighted by atomic mass is 32.2. The van der Waals surface area contributed by atoms with E-state index in [0.717, 1.165) is 45.2 Å². The Balaban J connectivity index is 2.03. The van der Waals surface area contributed by atoms with E-state index >= 15 is 0 Å². The molecule has 1 rings (SSSR count). The lowest BCUT2D eigenvalue weighted by Crippen LogP contribution is -2.16. The van der Waals surface area contributed by atoms with Crippen LogP contribution in [0.4, 0.5) is 0 Å². The fraction of sp³-hybridized carbons (Fsp3) is 1.00. The van der Waals surface area contributed by atoms with Gasteiger partial charge in [0.2, 0.25) is 0 Å². The first-order chi connectivity index (χ1) is 6.58. The number of hydrogen-bond donors (Lipinski definition) is 0. The average Bonchev–Trinajstić information content (AvgIpc) is 2.13. The lowest BCUT2D eigenvalue weighted by molar-refractivity contribution is 0.0621. The Hall–Kier alpha value is -0.130. The summed E-state index contributed by atoms with van der Waals surface area (Å²) in [5.41, 5.74) is 0. The van der Waals surface area contributed by atoms with Crippen LogP contribution in [-0.2, 0) is 19.0 Å². The van der Waals surface area contributed by atoms with Crippen molar-refractivity contribution >= 4 is 10.1 Å². The highest BCUT2D eigenvalue weighted by Gasteiger charge is 2.13. The van der Waals surface area contributed by atoms with Crippen LogP contribution in [0.5, 0.6) is 0 Å². The fourth-order valence-corrected chi connectivity index (χ4v) is 2.04. The number of ether oxygens (including phenoxy) is 1. The SMILES string of the molecule is CS(=O)(=O)OCCCC1CCOCC1. The molecule has 0 aromatic heterocycles. The van der Waals surface area contributed by atoms with E-state index in [0.29, 0.717) is 12.5 Å². The largest absolute Gasteiger partial charge is 0.381 e. The van der Waals surface area contributed by atoms with Gasteiger partial charge in [0.15, 0.2) is 0 Å². The van der Waals surface area contributed by atoms with Crippen molar-refractivity contribution in [2.24, 2.45) is 5.92 Å². The van der Waals surface area contributed by atoms with Gasteiger partial charge in [0, 0.05) is 13.2 Å². The molecule has 0 saturated carbocycles. The molecule has 4 nitrogen and oxygen atoms in total. The van der Waals surface area contributed by atoms with Crippen LogP contribution in [0.1, 0.15) is 25.7 Å². The van der Waals surface area contributed by atoms with Gasteiger partial charge >= 0.3 is 0 Å². The zero-order valence-electron chi connectivity index (χ0n) is 8.57. The molecule has 1 saturated heterocycles. The molecule has 1 aliphatic rings. The molecule has 0 amide bonds. The first-order valence-corrected chi connectivity index (χ1v) is 6.82. The van der Waals surface area contributed by atoms with Crippen LogP contribution in [0, 0.1) is 5.92 Å². The molecular weight excluding hydrogens is 204 g/mol. The van der Waals surface area contributed by atoms with Crippen LogP contribution < -0.4 is 0 Å². The second-order valence-electron chi connectivity index (χ2n) is 3.72. The zero-order valence-corrected chi connectivity index (χ0v) is 9.38. The molecule has 14 heavy (non-hydrogen) atoms. The quantitative estimate of drug-likeness (QED) is 0.517. The minimum atomic E-state index is -3.25. The molecule has 0 radical (unpaired) electrons. The maximum Gasteiger partial charge on any atom is 0.264 e. The van der Waals surface area contributed by atoms with Crippen molar-refractivity contribution in [3.05, 3.63) is 0 Å². The smallest absolute Gasteiger partial charge is 0.264 e. The molecule has 0 unspecified atom stereocenters. The maximum absolute atomic E-state index is 10.6. The van der Waals surface area contributed by atoms with Crippen molar-refractivity contribution in [2.45, 2.75) is 25.7 Å². The third-order valence-electron chi connectivity index (χ3n) is 2.39. The third-order valence-corrected chi connectivity index (χ3v) is 2.99. The Morgan fingerprint density at radius 2 is 2.00 bits per heavy atom. The minimum Gasteiger partial charge on any atom is -0.381 e. The summed E-state index contributed by atoms with van der Waals surface area (Å²) in [6.45, 7) is 2.01. The molecule has 0 aromatic carbocycles. The summed E-state index contributed by atoms with van der Waals surface area (Å²) in [4.78, 5) is 0. The molecule has 0 aliphatic carbocycles. The maximum atomic E-state index is 10.6. The van der Waals surface area contributed by atoms with Crippen LogP contribution in [-0.4, -0.2) is 34.5 Å². The molecule has 1 fully saturated rings. The molecule has 0 spiro atoms. The topological polar surface area (TPSA) is 52.6 Å². The van der Waals surface area contributed by atoms with Gasteiger partial charge in [-0.25, -0.2) is 0 Å². The molecule has 0 aromatic rings. The summed E-state index contributed by atoms with van der Waals surface area (Å²) in [7, 11) is -3.25. The van der Waals surface area contributed by atoms with Gasteiger partial charge in [0.1, 0.15) is 0 Å². The van der Waals surface area contributed by atoms with Gasteiger partial charge in [-0.1, -0.05) is 0 Å². The van der Waals surface area contributed by atoms with Crippen molar-refractivity contribution in [1.29, 1.82) is 0 Å². The van der Waals surface area contributed by atoms with Crippen molar-refractivity contribution in [3.8, 4) is 0 Å². The summed E-state index contributed by atoms with van der Waals surface area (Å²) in [6.07, 6.45) is 5.13. The molecule has 5 heteroatoms. The fourth-order valence-electron chi connectivity index (χ4n) is 1.62. The first-order valence-electron chi connectivity index (χ1n) is 5.00. The van der Waals surface area contributed by atoms with Crippen molar-refractivity contribution in [2.75, 3.05) is 26.1 Å². The van der Waals surface area contributed by atoms with Crippen LogP contribution in [0.25, 0.3) is 0 Å². The van der Waals surface area contributed by atoms with E-state index in [9.17, 15) is 8.42 Å². The van der Waals surface area contributed by atoms with Gasteiger partial charge in [0.05, 0.1) is 12.9 Å². The lowest BCUT2D eigenvalue weighted by atomic mass is 9.95. The Kier molecular flexibility index (Phi) is 4.84. The number of hydrogen-bond acceptors (Lipinski definition) is 4. The number of rotatable bonds is 5. The molecule has 0 atom stereocenters. The summed E-state index contributed by atoms with van der Waals surface area (Å²) in [5, 5.41) is 0. The molecule has 0 bridgehead atoms. The second kappa shape index (κ2) is 5.68. The van der Waals surface area contributed by atoms with E-state index in [1.54, 1.807) is 0 Å². The Morgan fingerprint density at radius 1 is 1.36 bits per heavy atom. The highest BCUT2D eigenvalue weighted by Crippen LogP contribution is 2.19. The molecular formula is C9H18O4S. The van der Waals surface area contributed by atoms with Gasteiger partial charge in [-0.3, -0.25) is 4.18 Å². The highest BCUT2D eigenvalue weighted by molar-refractivity contribution is 7.85. The zero-order chi connectivity index (χ0) is 10.4. The van der Waals surface area contributed by atoms with Crippen LogP contribution >= 0.6 is 0 Å². The molecule has 0 N–H and O–H groups in total. The predicted octanol–water partition coefficient (Wildman–Crippen LogP) is 1.17. The monoisotopic (exact) mass is 222 g/mol. The predicted molar refractivity (Wildman–Crippen MR) is 53.6 cm³/mol. The van der Waals surface area contributed by atoms with E-state index < -0.39 is 10.1 Å². The summed E-state index contributed by atoms with van der Waals surface area (Å²) >= 11 is 0. The van der Waals surface area contributed by atoms with Crippen LogP contribution in [0.3, 0.4) is 0 Å². The normalized spacial score (nSPS) is 19.8. The molecule has 1 heterocycles. The van der Waals surface area contributed by atoms with Crippen molar-refractivity contribution in [3.63, 3.8) is 0 Å². The van der Waals surface area contributed by atoms with E-state index in [2.05, 4.69) is 4.18 Å². The summed E-state index contributed by atoms with van der Waals surface area (Å²) < 4.78 is 31.2. The van der Waals surface area contributed by atoms with Crippen molar-refractivity contribution < 1.29 is 17.3 Å². The van der Waals surface area contributed by atoms with Gasteiger partial charge in [-0.2, -0.15) is 8.42 Å². The van der Waals surface area contributed by atoms with Gasteiger partial charge < -0.3 is 4.74 Å². The van der Waals surface area contributed by atoms with Crippen molar-refractivity contribution in [1.82, 2.24) is 0 Å². The standard InChI is InChI=1S/C9H18O4S/c1-14(10,11)13-6-2-3-9-4-7-12-8-5-9/h9H,2-8H2,1H3. The van der Waals surface area contributed by atoms with E-state index in [1.165, 1.54) is 0 Å².